The highest BCUT2D eigenvalue weighted by Gasteiger charge is 2.26. The molecule has 0 aliphatic carbocycles. The van der Waals surface area contributed by atoms with E-state index in [-0.39, 0.29) is 18.8 Å². The van der Waals surface area contributed by atoms with Gasteiger partial charge in [0.2, 0.25) is 0 Å². The molecule has 2 rings (SSSR count). The Hall–Kier alpha value is -1.20. The topological polar surface area (TPSA) is 58.5 Å². The van der Waals surface area contributed by atoms with Crippen molar-refractivity contribution in [1.82, 2.24) is 9.97 Å². The molecule has 1 aliphatic rings. The number of morpholine rings is 1. The zero-order valence-corrected chi connectivity index (χ0v) is 9.63. The second kappa shape index (κ2) is 4.76. The van der Waals surface area contributed by atoms with E-state index in [9.17, 15) is 0 Å². The predicted octanol–water partition coefficient (Wildman–Crippen LogP) is 0.371. The molecule has 2 heterocycles. The van der Waals surface area contributed by atoms with Gasteiger partial charge in [-0.25, -0.2) is 4.98 Å². The number of rotatable bonds is 2. The molecule has 1 fully saturated rings. The Labute approximate surface area is 95.1 Å². The molecule has 16 heavy (non-hydrogen) atoms. The largest absolute Gasteiger partial charge is 0.394 e. The third-order valence-electron chi connectivity index (χ3n) is 2.68. The van der Waals surface area contributed by atoms with Crippen LogP contribution in [-0.2, 0) is 4.74 Å². The number of hydrogen-bond acceptors (Lipinski definition) is 5. The van der Waals surface area contributed by atoms with Gasteiger partial charge in [0.05, 0.1) is 24.5 Å². The van der Waals surface area contributed by atoms with Gasteiger partial charge in [0.25, 0.3) is 0 Å². The second-order valence-corrected chi connectivity index (χ2v) is 4.12. The summed E-state index contributed by atoms with van der Waals surface area (Å²) in [7, 11) is 0. The van der Waals surface area contributed by atoms with E-state index in [0.717, 1.165) is 18.1 Å². The number of nitrogens with zero attached hydrogens (tertiary/aromatic N) is 3. The summed E-state index contributed by atoms with van der Waals surface area (Å²) in [5, 5.41) is 9.16. The molecule has 0 amide bonds. The average Bonchev–Trinajstić information content (AvgIpc) is 2.28. The molecule has 1 N–H and O–H groups in total. The van der Waals surface area contributed by atoms with Gasteiger partial charge in [-0.05, 0) is 13.8 Å². The Balaban J connectivity index is 2.17. The van der Waals surface area contributed by atoms with E-state index >= 15 is 0 Å². The van der Waals surface area contributed by atoms with Gasteiger partial charge in [-0.1, -0.05) is 0 Å². The minimum atomic E-state index is -0.134. The van der Waals surface area contributed by atoms with E-state index in [4.69, 9.17) is 9.84 Å². The van der Waals surface area contributed by atoms with Crippen LogP contribution in [0.2, 0.25) is 0 Å². The Morgan fingerprint density at radius 1 is 1.44 bits per heavy atom. The molecule has 88 valence electrons. The zero-order chi connectivity index (χ0) is 11.5. The SMILES string of the molecule is Cc1nccnc1N1CC(C)OC(CO)C1. The van der Waals surface area contributed by atoms with Crippen LogP contribution < -0.4 is 4.90 Å². The van der Waals surface area contributed by atoms with Crippen LogP contribution >= 0.6 is 0 Å². The molecule has 0 saturated carbocycles. The fraction of sp³-hybridized carbons (Fsp3) is 0.636. The van der Waals surface area contributed by atoms with Crippen molar-refractivity contribution in [3.8, 4) is 0 Å². The fourth-order valence-corrected chi connectivity index (χ4v) is 2.03. The van der Waals surface area contributed by atoms with Gasteiger partial charge in [0.1, 0.15) is 5.82 Å². The highest BCUT2D eigenvalue weighted by atomic mass is 16.5. The Morgan fingerprint density at radius 3 is 2.88 bits per heavy atom. The standard InChI is InChI=1S/C11H17N3O2/c1-8-5-14(6-10(7-15)16-8)11-9(2)12-3-4-13-11/h3-4,8,10,15H,5-7H2,1-2H3. The Kier molecular flexibility index (Phi) is 3.36. The number of aromatic nitrogens is 2. The van der Waals surface area contributed by atoms with E-state index in [1.165, 1.54) is 0 Å². The van der Waals surface area contributed by atoms with Crippen molar-refractivity contribution in [2.75, 3.05) is 24.6 Å². The normalized spacial score (nSPS) is 25.8. The van der Waals surface area contributed by atoms with E-state index in [1.54, 1.807) is 12.4 Å². The number of aryl methyl sites for hydroxylation is 1. The van der Waals surface area contributed by atoms with Crippen LogP contribution in [0.4, 0.5) is 5.82 Å². The average molecular weight is 223 g/mol. The monoisotopic (exact) mass is 223 g/mol. The molecular weight excluding hydrogens is 206 g/mol. The summed E-state index contributed by atoms with van der Waals surface area (Å²) in [4.78, 5) is 10.7. The number of aliphatic hydroxyl groups excluding tert-OH is 1. The molecule has 0 spiro atoms. The number of hydrogen-bond donors (Lipinski definition) is 1. The molecular formula is C11H17N3O2. The maximum absolute atomic E-state index is 9.16. The summed E-state index contributed by atoms with van der Waals surface area (Å²) in [5.41, 5.74) is 0.910. The predicted molar refractivity (Wildman–Crippen MR) is 60.4 cm³/mol. The molecule has 2 unspecified atom stereocenters. The Morgan fingerprint density at radius 2 is 2.19 bits per heavy atom. The summed E-state index contributed by atoms with van der Waals surface area (Å²) in [5.74, 6) is 0.885. The van der Waals surface area contributed by atoms with Crippen LogP contribution in [0.5, 0.6) is 0 Å². The summed E-state index contributed by atoms with van der Waals surface area (Å²) >= 11 is 0. The highest BCUT2D eigenvalue weighted by Crippen LogP contribution is 2.19. The smallest absolute Gasteiger partial charge is 0.150 e. The summed E-state index contributed by atoms with van der Waals surface area (Å²) < 4.78 is 5.59. The third kappa shape index (κ3) is 2.31. The van der Waals surface area contributed by atoms with Gasteiger partial charge in [0.15, 0.2) is 0 Å². The van der Waals surface area contributed by atoms with Crippen LogP contribution in [0.25, 0.3) is 0 Å². The molecule has 0 bridgehead atoms. The van der Waals surface area contributed by atoms with Gasteiger partial charge in [0, 0.05) is 25.5 Å². The van der Waals surface area contributed by atoms with Crippen molar-refractivity contribution >= 4 is 5.82 Å². The molecule has 1 aliphatic heterocycles. The quantitative estimate of drug-likeness (QED) is 0.785. The number of aliphatic hydroxyl groups is 1. The lowest BCUT2D eigenvalue weighted by Gasteiger charge is -2.37. The maximum atomic E-state index is 9.16. The van der Waals surface area contributed by atoms with Gasteiger partial charge in [-0.15, -0.1) is 0 Å². The van der Waals surface area contributed by atoms with E-state index in [0.29, 0.717) is 6.54 Å². The minimum Gasteiger partial charge on any atom is -0.394 e. The van der Waals surface area contributed by atoms with Crippen LogP contribution in [0.1, 0.15) is 12.6 Å². The zero-order valence-electron chi connectivity index (χ0n) is 9.63. The number of anilines is 1. The molecule has 5 heteroatoms. The van der Waals surface area contributed by atoms with E-state index in [1.807, 2.05) is 13.8 Å². The van der Waals surface area contributed by atoms with Crippen molar-refractivity contribution in [2.24, 2.45) is 0 Å². The van der Waals surface area contributed by atoms with E-state index < -0.39 is 0 Å². The summed E-state index contributed by atoms with van der Waals surface area (Å²) in [6, 6.07) is 0. The van der Waals surface area contributed by atoms with Crippen molar-refractivity contribution in [3.05, 3.63) is 18.1 Å². The molecule has 1 saturated heterocycles. The van der Waals surface area contributed by atoms with Crippen molar-refractivity contribution in [1.29, 1.82) is 0 Å². The highest BCUT2D eigenvalue weighted by molar-refractivity contribution is 5.42. The molecule has 5 nitrogen and oxygen atoms in total. The first-order valence-corrected chi connectivity index (χ1v) is 5.49. The van der Waals surface area contributed by atoms with E-state index in [2.05, 4.69) is 14.9 Å². The third-order valence-corrected chi connectivity index (χ3v) is 2.68. The van der Waals surface area contributed by atoms with Crippen LogP contribution in [0.15, 0.2) is 12.4 Å². The first kappa shape index (κ1) is 11.3. The Bertz CT molecular complexity index is 359. The summed E-state index contributed by atoms with van der Waals surface area (Å²) in [6.45, 7) is 5.44. The van der Waals surface area contributed by atoms with Crippen LogP contribution in [-0.4, -0.2) is 47.0 Å². The molecule has 2 atom stereocenters. The van der Waals surface area contributed by atoms with Crippen LogP contribution in [0.3, 0.4) is 0 Å². The second-order valence-electron chi connectivity index (χ2n) is 4.12. The molecule has 0 aromatic carbocycles. The first-order valence-electron chi connectivity index (χ1n) is 5.49. The van der Waals surface area contributed by atoms with Crippen molar-refractivity contribution in [2.45, 2.75) is 26.1 Å². The lowest BCUT2D eigenvalue weighted by molar-refractivity contribution is -0.0423. The molecule has 1 aromatic heterocycles. The van der Waals surface area contributed by atoms with Crippen molar-refractivity contribution < 1.29 is 9.84 Å². The summed E-state index contributed by atoms with van der Waals surface area (Å²) in [6.07, 6.45) is 3.35. The lowest BCUT2D eigenvalue weighted by Crippen LogP contribution is -2.48. The van der Waals surface area contributed by atoms with Crippen molar-refractivity contribution in [3.63, 3.8) is 0 Å². The number of ether oxygens (including phenoxy) is 1. The maximum Gasteiger partial charge on any atom is 0.150 e. The van der Waals surface area contributed by atoms with Crippen LogP contribution in [0, 0.1) is 6.92 Å². The van der Waals surface area contributed by atoms with Gasteiger partial charge in [-0.3, -0.25) is 4.98 Å². The first-order chi connectivity index (χ1) is 7.70. The minimum absolute atomic E-state index is 0.0418. The van der Waals surface area contributed by atoms with Gasteiger partial charge in [-0.2, -0.15) is 0 Å². The van der Waals surface area contributed by atoms with Gasteiger partial charge < -0.3 is 14.7 Å². The lowest BCUT2D eigenvalue weighted by atomic mass is 10.2. The molecule has 1 aromatic rings. The van der Waals surface area contributed by atoms with Gasteiger partial charge >= 0.3 is 0 Å². The fourth-order valence-electron chi connectivity index (χ4n) is 2.03. The molecule has 0 radical (unpaired) electrons.